The van der Waals surface area contributed by atoms with Gasteiger partial charge in [-0.15, -0.1) is 0 Å². The van der Waals surface area contributed by atoms with Crippen molar-refractivity contribution in [1.29, 1.82) is 0 Å². The normalized spacial score (nSPS) is 24.6. The summed E-state index contributed by atoms with van der Waals surface area (Å²) in [6, 6.07) is 2.97. The zero-order valence-corrected chi connectivity index (χ0v) is 14.3. The maximum absolute atomic E-state index is 12.4. The number of carbonyl (C=O) groups excluding carboxylic acids is 2. The van der Waals surface area contributed by atoms with Crippen molar-refractivity contribution in [2.45, 2.75) is 38.4 Å². The molecule has 0 amide bonds. The van der Waals surface area contributed by atoms with E-state index in [9.17, 15) is 19.8 Å². The summed E-state index contributed by atoms with van der Waals surface area (Å²) in [5, 5.41) is 20.0. The van der Waals surface area contributed by atoms with E-state index in [0.29, 0.717) is 24.2 Å². The Morgan fingerprint density at radius 2 is 1.96 bits per heavy atom. The first-order valence-corrected chi connectivity index (χ1v) is 8.09. The Balaban J connectivity index is 2.40. The molecule has 6 heteroatoms. The molecule has 1 aromatic rings. The van der Waals surface area contributed by atoms with Crippen molar-refractivity contribution in [3.05, 3.63) is 41.5 Å². The van der Waals surface area contributed by atoms with Crippen molar-refractivity contribution < 1.29 is 29.3 Å². The van der Waals surface area contributed by atoms with Crippen molar-refractivity contribution in [3.8, 4) is 11.5 Å². The molecule has 1 aromatic carbocycles. The number of aliphatic hydroxyl groups excluding tert-OH is 1. The Morgan fingerprint density at radius 1 is 1.20 bits per heavy atom. The number of carbonyl (C=O) groups is 2. The number of aliphatic hydroxyl groups is 1. The van der Waals surface area contributed by atoms with Crippen LogP contribution < -0.4 is 4.74 Å². The molecule has 1 heterocycles. The van der Waals surface area contributed by atoms with Crippen LogP contribution in [0.5, 0.6) is 11.5 Å². The van der Waals surface area contributed by atoms with Crippen LogP contribution in [-0.4, -0.2) is 41.3 Å². The Hall–Kier alpha value is -2.60. The molecule has 0 spiro atoms. The lowest BCUT2D eigenvalue weighted by atomic mass is 10.0. The molecule has 2 atom stereocenters. The van der Waals surface area contributed by atoms with E-state index in [2.05, 4.69) is 0 Å². The third-order valence-electron chi connectivity index (χ3n) is 3.85. The van der Waals surface area contributed by atoms with E-state index in [4.69, 9.17) is 9.47 Å². The monoisotopic (exact) mass is 346 g/mol. The van der Waals surface area contributed by atoms with Gasteiger partial charge in [-0.25, -0.2) is 4.79 Å². The maximum Gasteiger partial charge on any atom is 0.342 e. The smallest absolute Gasteiger partial charge is 0.342 e. The summed E-state index contributed by atoms with van der Waals surface area (Å²) in [4.78, 5) is 24.2. The fraction of sp³-hybridized carbons (Fsp3) is 0.368. The highest BCUT2D eigenvalue weighted by molar-refractivity contribution is 5.97. The van der Waals surface area contributed by atoms with Crippen LogP contribution in [0.1, 0.15) is 42.1 Å². The van der Waals surface area contributed by atoms with E-state index in [1.807, 2.05) is 0 Å². The minimum absolute atomic E-state index is 0.0570. The number of cyclic esters (lactones) is 1. The number of methoxy groups -OCH3 is 1. The number of hydrogen-bond donors (Lipinski definition) is 2. The highest BCUT2D eigenvalue weighted by Crippen LogP contribution is 2.30. The SMILES string of the molecule is COc1cc(O)c2c(c1)/C=C/CCC(O)C(=O)/C=C/CC(C)OC2=O. The van der Waals surface area contributed by atoms with Gasteiger partial charge in [-0.05, 0) is 37.5 Å². The van der Waals surface area contributed by atoms with Gasteiger partial charge in [0.2, 0.25) is 0 Å². The topological polar surface area (TPSA) is 93.1 Å². The maximum atomic E-state index is 12.4. The Bertz CT molecular complexity index is 704. The molecule has 0 aromatic heterocycles. The summed E-state index contributed by atoms with van der Waals surface area (Å²) in [5.41, 5.74) is 0.504. The zero-order valence-electron chi connectivity index (χ0n) is 14.3. The van der Waals surface area contributed by atoms with E-state index in [-0.39, 0.29) is 23.5 Å². The van der Waals surface area contributed by atoms with Crippen LogP contribution in [0, 0.1) is 0 Å². The van der Waals surface area contributed by atoms with E-state index in [1.165, 1.54) is 19.3 Å². The van der Waals surface area contributed by atoms with Crippen molar-refractivity contribution in [2.24, 2.45) is 0 Å². The van der Waals surface area contributed by atoms with E-state index < -0.39 is 18.2 Å². The van der Waals surface area contributed by atoms with Crippen LogP contribution in [0.3, 0.4) is 0 Å². The molecule has 1 aliphatic rings. The van der Waals surface area contributed by atoms with Crippen LogP contribution in [0.25, 0.3) is 6.08 Å². The summed E-state index contributed by atoms with van der Waals surface area (Å²) in [6.45, 7) is 1.69. The van der Waals surface area contributed by atoms with Crippen LogP contribution in [0.4, 0.5) is 0 Å². The third-order valence-corrected chi connectivity index (χ3v) is 3.85. The molecular weight excluding hydrogens is 324 g/mol. The fourth-order valence-corrected chi connectivity index (χ4v) is 2.48. The van der Waals surface area contributed by atoms with Gasteiger partial charge in [0.25, 0.3) is 0 Å². The summed E-state index contributed by atoms with van der Waals surface area (Å²) in [7, 11) is 1.46. The second kappa shape index (κ2) is 8.48. The van der Waals surface area contributed by atoms with Crippen LogP contribution in [0.15, 0.2) is 30.4 Å². The van der Waals surface area contributed by atoms with Crippen molar-refractivity contribution in [3.63, 3.8) is 0 Å². The number of phenolic OH excluding ortho intramolecular Hbond substituents is 1. The minimum atomic E-state index is -1.07. The second-order valence-electron chi connectivity index (χ2n) is 5.86. The average Bonchev–Trinajstić information content (AvgIpc) is 2.56. The molecule has 1 aliphatic heterocycles. The summed E-state index contributed by atoms with van der Waals surface area (Å²) in [6.07, 6.45) is 5.71. The summed E-state index contributed by atoms with van der Waals surface area (Å²) < 4.78 is 10.5. The van der Waals surface area contributed by atoms with Crippen molar-refractivity contribution >= 4 is 17.8 Å². The predicted molar refractivity (Wildman–Crippen MR) is 92.6 cm³/mol. The molecule has 2 rings (SSSR count). The third kappa shape index (κ3) is 4.93. The number of aromatic hydroxyl groups is 1. The number of benzene rings is 1. The average molecular weight is 346 g/mol. The van der Waals surface area contributed by atoms with Gasteiger partial charge in [0.15, 0.2) is 5.78 Å². The van der Waals surface area contributed by atoms with Gasteiger partial charge in [0.1, 0.15) is 29.3 Å². The lowest BCUT2D eigenvalue weighted by Gasteiger charge is -2.15. The highest BCUT2D eigenvalue weighted by Gasteiger charge is 2.21. The van der Waals surface area contributed by atoms with Crippen LogP contribution >= 0.6 is 0 Å². The molecule has 134 valence electrons. The standard InChI is InChI=1S/C19H22O6/c1-12-6-5-9-16(21)15(20)8-4-3-7-13-10-14(24-2)11-17(22)18(13)19(23)25-12/h3,5,7,9-12,15,20,22H,4,6,8H2,1-2H3/b7-3+,9-5+. The first-order chi connectivity index (χ1) is 11.9. The fourth-order valence-electron chi connectivity index (χ4n) is 2.48. The first kappa shape index (κ1) is 18.7. The molecule has 25 heavy (non-hydrogen) atoms. The molecule has 0 aliphatic carbocycles. The number of allylic oxidation sites excluding steroid dienone is 1. The van der Waals surface area contributed by atoms with Gasteiger partial charge in [-0.3, -0.25) is 4.79 Å². The molecule has 0 radical (unpaired) electrons. The largest absolute Gasteiger partial charge is 0.507 e. The highest BCUT2D eigenvalue weighted by atomic mass is 16.5. The zero-order chi connectivity index (χ0) is 18.4. The molecule has 2 N–H and O–H groups in total. The predicted octanol–water partition coefficient (Wildman–Crippen LogP) is 2.63. The first-order valence-electron chi connectivity index (χ1n) is 8.09. The van der Waals surface area contributed by atoms with Gasteiger partial charge in [0, 0.05) is 12.5 Å². The lowest BCUT2D eigenvalue weighted by molar-refractivity contribution is -0.122. The number of ether oxygens (including phenoxy) is 2. The molecular formula is C19H22O6. The van der Waals surface area contributed by atoms with Crippen LogP contribution in [0.2, 0.25) is 0 Å². The number of esters is 1. The second-order valence-corrected chi connectivity index (χ2v) is 5.86. The van der Waals surface area contributed by atoms with Gasteiger partial charge in [-0.2, -0.15) is 0 Å². The lowest BCUT2D eigenvalue weighted by Crippen LogP contribution is -2.18. The molecule has 0 saturated carbocycles. The van der Waals surface area contributed by atoms with E-state index in [0.717, 1.165) is 0 Å². The molecule has 0 saturated heterocycles. The van der Waals surface area contributed by atoms with Crippen molar-refractivity contribution in [2.75, 3.05) is 7.11 Å². The summed E-state index contributed by atoms with van der Waals surface area (Å²) in [5.74, 6) is -0.845. The minimum Gasteiger partial charge on any atom is -0.507 e. The molecule has 0 bridgehead atoms. The van der Waals surface area contributed by atoms with Crippen LogP contribution in [-0.2, 0) is 9.53 Å². The van der Waals surface area contributed by atoms with Gasteiger partial charge < -0.3 is 19.7 Å². The van der Waals surface area contributed by atoms with Gasteiger partial charge >= 0.3 is 5.97 Å². The molecule has 0 fully saturated rings. The molecule has 2 unspecified atom stereocenters. The molecule has 6 nitrogen and oxygen atoms in total. The number of phenols is 1. The quantitative estimate of drug-likeness (QED) is 0.759. The van der Waals surface area contributed by atoms with Crippen molar-refractivity contribution in [1.82, 2.24) is 0 Å². The van der Waals surface area contributed by atoms with Gasteiger partial charge in [0.05, 0.1) is 7.11 Å². The Morgan fingerprint density at radius 3 is 2.68 bits per heavy atom. The number of fused-ring (bicyclic) bond motifs is 1. The Kier molecular flexibility index (Phi) is 6.36. The van der Waals surface area contributed by atoms with E-state index >= 15 is 0 Å². The van der Waals surface area contributed by atoms with Gasteiger partial charge in [-0.1, -0.05) is 18.2 Å². The number of rotatable bonds is 1. The number of hydrogen-bond acceptors (Lipinski definition) is 6. The van der Waals surface area contributed by atoms with E-state index in [1.54, 1.807) is 31.2 Å². The number of ketones is 1. The Labute approximate surface area is 146 Å². The summed E-state index contributed by atoms with van der Waals surface area (Å²) >= 11 is 0.